The summed E-state index contributed by atoms with van der Waals surface area (Å²) in [5, 5.41) is 6.13. The summed E-state index contributed by atoms with van der Waals surface area (Å²) in [4.78, 5) is 16.4. The number of benzene rings is 1. The van der Waals surface area contributed by atoms with Crippen LogP contribution in [0.15, 0.2) is 29.6 Å². The molecule has 23 heavy (non-hydrogen) atoms. The highest BCUT2D eigenvalue weighted by Crippen LogP contribution is 2.24. The van der Waals surface area contributed by atoms with E-state index < -0.39 is 0 Å². The molecule has 1 aromatic carbocycles. The van der Waals surface area contributed by atoms with E-state index in [1.807, 2.05) is 38.1 Å². The van der Waals surface area contributed by atoms with Crippen molar-refractivity contribution in [3.63, 3.8) is 0 Å². The first-order valence-electron chi connectivity index (χ1n) is 7.92. The number of carbonyl (C=O) groups is 1. The van der Waals surface area contributed by atoms with Gasteiger partial charge in [0.05, 0.1) is 10.7 Å². The van der Waals surface area contributed by atoms with Crippen LogP contribution in [0.2, 0.25) is 0 Å². The molecule has 4 nitrogen and oxygen atoms in total. The lowest BCUT2D eigenvalue weighted by Gasteiger charge is -2.07. The van der Waals surface area contributed by atoms with E-state index in [1.54, 1.807) is 18.4 Å². The smallest absolute Gasteiger partial charge is 0.224 e. The number of carbonyl (C=O) groups excluding carboxylic acids is 1. The first kappa shape index (κ1) is 17.6. The van der Waals surface area contributed by atoms with Crippen LogP contribution in [-0.4, -0.2) is 24.6 Å². The maximum atomic E-state index is 11.8. The van der Waals surface area contributed by atoms with Crippen LogP contribution in [0.5, 0.6) is 0 Å². The number of nitrogens with zero attached hydrogens (tertiary/aromatic N) is 1. The van der Waals surface area contributed by atoms with Crippen molar-refractivity contribution < 1.29 is 9.53 Å². The van der Waals surface area contributed by atoms with Gasteiger partial charge in [0.15, 0.2) is 0 Å². The average Bonchev–Trinajstić information content (AvgIpc) is 2.96. The first-order valence-corrected chi connectivity index (χ1v) is 8.80. The monoisotopic (exact) mass is 332 g/mol. The van der Waals surface area contributed by atoms with Crippen LogP contribution in [-0.2, 0) is 16.0 Å². The molecule has 0 radical (unpaired) electrons. The van der Waals surface area contributed by atoms with E-state index in [4.69, 9.17) is 4.74 Å². The Morgan fingerprint density at radius 2 is 2.04 bits per heavy atom. The SMILES string of the molecule is COCCCc1nc(-c2ccc(NC(=O)CC(C)C)cc2)cs1. The van der Waals surface area contributed by atoms with Crippen molar-refractivity contribution in [2.75, 3.05) is 19.0 Å². The molecule has 0 aliphatic rings. The highest BCUT2D eigenvalue weighted by atomic mass is 32.1. The van der Waals surface area contributed by atoms with E-state index >= 15 is 0 Å². The Balaban J connectivity index is 1.95. The van der Waals surface area contributed by atoms with Crippen LogP contribution >= 0.6 is 11.3 Å². The molecule has 0 saturated carbocycles. The van der Waals surface area contributed by atoms with Gasteiger partial charge in [-0.05, 0) is 24.5 Å². The highest BCUT2D eigenvalue weighted by molar-refractivity contribution is 7.09. The van der Waals surface area contributed by atoms with E-state index in [0.29, 0.717) is 12.3 Å². The second kappa shape index (κ2) is 8.79. The molecule has 0 fully saturated rings. The standard InChI is InChI=1S/C18H24N2O2S/c1-13(2)11-17(21)19-15-8-6-14(7-9-15)16-12-23-18(20-16)5-4-10-22-3/h6-9,12-13H,4-5,10-11H2,1-3H3,(H,19,21). The number of hydrogen-bond acceptors (Lipinski definition) is 4. The number of nitrogens with one attached hydrogen (secondary N) is 1. The van der Waals surface area contributed by atoms with Crippen LogP contribution in [0.4, 0.5) is 5.69 Å². The quantitative estimate of drug-likeness (QED) is 0.730. The summed E-state index contributed by atoms with van der Waals surface area (Å²) in [5.74, 6) is 0.419. The van der Waals surface area contributed by atoms with Gasteiger partial charge in [0.2, 0.25) is 5.91 Å². The van der Waals surface area contributed by atoms with Gasteiger partial charge in [-0.15, -0.1) is 11.3 Å². The van der Waals surface area contributed by atoms with E-state index in [-0.39, 0.29) is 5.91 Å². The van der Waals surface area contributed by atoms with Gasteiger partial charge in [-0.25, -0.2) is 4.98 Å². The Kier molecular flexibility index (Phi) is 6.74. The van der Waals surface area contributed by atoms with Gasteiger partial charge >= 0.3 is 0 Å². The summed E-state index contributed by atoms with van der Waals surface area (Å²) in [6.45, 7) is 4.84. The van der Waals surface area contributed by atoms with Crippen molar-refractivity contribution in [2.45, 2.75) is 33.1 Å². The molecule has 0 aliphatic heterocycles. The summed E-state index contributed by atoms with van der Waals surface area (Å²) < 4.78 is 5.07. The molecule has 1 heterocycles. The fraction of sp³-hybridized carbons (Fsp3) is 0.444. The third-order valence-corrected chi connectivity index (χ3v) is 4.26. The van der Waals surface area contributed by atoms with Crippen molar-refractivity contribution in [2.24, 2.45) is 5.92 Å². The van der Waals surface area contributed by atoms with E-state index in [1.165, 1.54) is 0 Å². The second-order valence-corrected chi connectivity index (χ2v) is 6.89. The van der Waals surface area contributed by atoms with Crippen LogP contribution in [0.3, 0.4) is 0 Å². The van der Waals surface area contributed by atoms with Crippen LogP contribution in [0, 0.1) is 5.92 Å². The number of anilines is 1. The number of aryl methyl sites for hydroxylation is 1. The molecule has 124 valence electrons. The second-order valence-electron chi connectivity index (χ2n) is 5.95. The minimum atomic E-state index is 0.0573. The maximum Gasteiger partial charge on any atom is 0.224 e. The number of amides is 1. The zero-order valence-electron chi connectivity index (χ0n) is 14.0. The van der Waals surface area contributed by atoms with Gasteiger partial charge < -0.3 is 10.1 Å². The normalized spacial score (nSPS) is 11.0. The molecule has 1 aromatic heterocycles. The lowest BCUT2D eigenvalue weighted by Crippen LogP contribution is -2.13. The fourth-order valence-corrected chi connectivity index (χ4v) is 3.08. The third-order valence-electron chi connectivity index (χ3n) is 3.35. The summed E-state index contributed by atoms with van der Waals surface area (Å²) in [7, 11) is 1.72. The third kappa shape index (κ3) is 5.77. The zero-order valence-corrected chi connectivity index (χ0v) is 14.8. The maximum absolute atomic E-state index is 11.8. The number of thiazole rings is 1. The fourth-order valence-electron chi connectivity index (χ4n) is 2.23. The molecule has 2 rings (SSSR count). The van der Waals surface area contributed by atoms with Gasteiger partial charge in [-0.2, -0.15) is 0 Å². The molecule has 0 unspecified atom stereocenters. The van der Waals surface area contributed by atoms with E-state index in [0.717, 1.165) is 41.4 Å². The molecule has 2 aromatic rings. The van der Waals surface area contributed by atoms with Crippen molar-refractivity contribution >= 4 is 22.9 Å². The zero-order chi connectivity index (χ0) is 16.7. The predicted octanol–water partition coefficient (Wildman–Crippen LogP) is 4.37. The number of ether oxygens (including phenoxy) is 1. The van der Waals surface area contributed by atoms with E-state index in [9.17, 15) is 4.79 Å². The number of methoxy groups -OCH3 is 1. The number of rotatable bonds is 8. The van der Waals surface area contributed by atoms with Crippen LogP contribution in [0.25, 0.3) is 11.3 Å². The largest absolute Gasteiger partial charge is 0.385 e. The molecule has 0 bridgehead atoms. The summed E-state index contributed by atoms with van der Waals surface area (Å²) in [6.07, 6.45) is 2.48. The molecule has 0 spiro atoms. The van der Waals surface area contributed by atoms with Gasteiger partial charge in [0.25, 0.3) is 0 Å². The summed E-state index contributed by atoms with van der Waals surface area (Å²) in [6, 6.07) is 7.85. The van der Waals surface area contributed by atoms with E-state index in [2.05, 4.69) is 15.7 Å². The molecule has 0 aliphatic carbocycles. The first-order chi connectivity index (χ1) is 11.1. The lowest BCUT2D eigenvalue weighted by atomic mass is 10.1. The van der Waals surface area contributed by atoms with Gasteiger partial charge in [-0.1, -0.05) is 26.0 Å². The molecular formula is C18H24N2O2S. The number of aromatic nitrogens is 1. The van der Waals surface area contributed by atoms with Crippen LogP contribution < -0.4 is 5.32 Å². The topological polar surface area (TPSA) is 51.2 Å². The Morgan fingerprint density at radius 1 is 1.30 bits per heavy atom. The molecular weight excluding hydrogens is 308 g/mol. The predicted molar refractivity (Wildman–Crippen MR) is 95.8 cm³/mol. The van der Waals surface area contributed by atoms with Gasteiger partial charge in [0.1, 0.15) is 0 Å². The van der Waals surface area contributed by atoms with Gasteiger partial charge in [0, 0.05) is 43.2 Å². The van der Waals surface area contributed by atoms with Crippen LogP contribution in [0.1, 0.15) is 31.7 Å². The Labute approximate surface area is 141 Å². The molecule has 1 N–H and O–H groups in total. The Morgan fingerprint density at radius 3 is 2.70 bits per heavy atom. The summed E-state index contributed by atoms with van der Waals surface area (Å²) in [5.41, 5.74) is 2.89. The Bertz CT molecular complexity index is 620. The lowest BCUT2D eigenvalue weighted by molar-refractivity contribution is -0.116. The minimum absolute atomic E-state index is 0.0573. The summed E-state index contributed by atoms with van der Waals surface area (Å²) >= 11 is 1.68. The van der Waals surface area contributed by atoms with Crippen molar-refractivity contribution in [1.82, 2.24) is 4.98 Å². The number of hydrogen-bond donors (Lipinski definition) is 1. The van der Waals surface area contributed by atoms with Crippen molar-refractivity contribution in [1.29, 1.82) is 0 Å². The highest BCUT2D eigenvalue weighted by Gasteiger charge is 2.07. The minimum Gasteiger partial charge on any atom is -0.385 e. The van der Waals surface area contributed by atoms with Crippen molar-refractivity contribution in [3.8, 4) is 11.3 Å². The van der Waals surface area contributed by atoms with Gasteiger partial charge in [-0.3, -0.25) is 4.79 Å². The molecule has 1 amide bonds. The molecule has 5 heteroatoms. The molecule has 0 atom stereocenters. The Hall–Kier alpha value is -1.72. The van der Waals surface area contributed by atoms with Crippen molar-refractivity contribution in [3.05, 3.63) is 34.7 Å². The molecule has 0 saturated heterocycles. The average molecular weight is 332 g/mol.